The van der Waals surface area contributed by atoms with E-state index in [9.17, 15) is 0 Å². The Bertz CT molecular complexity index is 516. The highest BCUT2D eigenvalue weighted by atomic mass is 15.2. The van der Waals surface area contributed by atoms with Gasteiger partial charge in [0.25, 0.3) is 0 Å². The average molecular weight is 345 g/mol. The molecule has 4 heteroatoms. The largest absolute Gasteiger partial charge is 0.357 e. The lowest BCUT2D eigenvalue weighted by atomic mass is 9.85. The predicted octanol–water partition coefficient (Wildman–Crippen LogP) is 3.39. The molecule has 0 unspecified atom stereocenters. The van der Waals surface area contributed by atoms with E-state index in [1.165, 1.54) is 44.5 Å². The fraction of sp³-hybridized carbons (Fsp3) is 0.667. The summed E-state index contributed by atoms with van der Waals surface area (Å²) in [5.74, 6) is 0.959. The van der Waals surface area contributed by atoms with Crippen molar-refractivity contribution in [2.75, 3.05) is 32.7 Å². The lowest BCUT2D eigenvalue weighted by Crippen LogP contribution is -2.49. The van der Waals surface area contributed by atoms with Crippen molar-refractivity contribution in [3.8, 4) is 0 Å². The van der Waals surface area contributed by atoms with Crippen LogP contribution in [0.2, 0.25) is 0 Å². The summed E-state index contributed by atoms with van der Waals surface area (Å²) in [7, 11) is 0. The molecule has 0 spiro atoms. The van der Waals surface area contributed by atoms with Gasteiger partial charge in [-0.3, -0.25) is 4.99 Å². The first-order valence-electron chi connectivity index (χ1n) is 9.88. The molecule has 1 aromatic rings. The minimum atomic E-state index is 0.0358. The van der Waals surface area contributed by atoms with Crippen LogP contribution in [0.25, 0.3) is 0 Å². The van der Waals surface area contributed by atoms with Crippen LogP contribution in [0, 0.1) is 0 Å². The molecule has 2 N–H and O–H groups in total. The molecule has 4 nitrogen and oxygen atoms in total. The van der Waals surface area contributed by atoms with E-state index in [-0.39, 0.29) is 5.41 Å². The van der Waals surface area contributed by atoms with Crippen LogP contribution in [0.3, 0.4) is 0 Å². The number of aliphatic imine (C=N–C) groups is 1. The standard InChI is InChI=1S/C21H36N4/c1-5-14-25-15-12-19(13-16-25)24-20(22-6-2)23-17-21(3,4)18-10-8-7-9-11-18/h7-11,19H,5-6,12-17H2,1-4H3,(H2,22,23,24). The molecule has 140 valence electrons. The summed E-state index contributed by atoms with van der Waals surface area (Å²) in [6.45, 7) is 14.2. The van der Waals surface area contributed by atoms with Gasteiger partial charge in [-0.2, -0.15) is 0 Å². The molecule has 0 amide bonds. The van der Waals surface area contributed by atoms with Crippen molar-refractivity contribution in [2.45, 2.75) is 58.4 Å². The highest BCUT2D eigenvalue weighted by Gasteiger charge is 2.22. The maximum absolute atomic E-state index is 4.89. The van der Waals surface area contributed by atoms with Crippen molar-refractivity contribution in [2.24, 2.45) is 4.99 Å². The minimum absolute atomic E-state index is 0.0358. The topological polar surface area (TPSA) is 39.7 Å². The molecule has 0 bridgehead atoms. The predicted molar refractivity (Wildman–Crippen MR) is 108 cm³/mol. The zero-order valence-corrected chi connectivity index (χ0v) is 16.5. The van der Waals surface area contributed by atoms with Crippen molar-refractivity contribution < 1.29 is 0 Å². The van der Waals surface area contributed by atoms with Crippen molar-refractivity contribution in [3.63, 3.8) is 0 Å². The normalized spacial score (nSPS) is 17.5. The lowest BCUT2D eigenvalue weighted by molar-refractivity contribution is 0.206. The summed E-state index contributed by atoms with van der Waals surface area (Å²) in [5, 5.41) is 7.07. The Morgan fingerprint density at radius 2 is 1.84 bits per heavy atom. The first kappa shape index (κ1) is 19.8. The van der Waals surface area contributed by atoms with Crippen LogP contribution in [0.1, 0.15) is 52.5 Å². The Kier molecular flexibility index (Phi) is 7.76. The van der Waals surface area contributed by atoms with E-state index >= 15 is 0 Å². The highest BCUT2D eigenvalue weighted by Crippen LogP contribution is 2.23. The van der Waals surface area contributed by atoms with E-state index in [1.54, 1.807) is 0 Å². The van der Waals surface area contributed by atoms with E-state index in [0.717, 1.165) is 19.0 Å². The van der Waals surface area contributed by atoms with Crippen LogP contribution >= 0.6 is 0 Å². The number of nitrogens with one attached hydrogen (secondary N) is 2. The molecule has 1 aliphatic heterocycles. The van der Waals surface area contributed by atoms with E-state index in [1.807, 2.05) is 0 Å². The molecule has 1 aromatic carbocycles. The van der Waals surface area contributed by atoms with Crippen LogP contribution in [0.15, 0.2) is 35.3 Å². The molecule has 0 aliphatic carbocycles. The van der Waals surface area contributed by atoms with Crippen LogP contribution in [0.4, 0.5) is 0 Å². The minimum Gasteiger partial charge on any atom is -0.357 e. The van der Waals surface area contributed by atoms with Crippen molar-refractivity contribution in [1.29, 1.82) is 0 Å². The molecule has 0 saturated carbocycles. The number of guanidine groups is 1. The summed E-state index contributed by atoms with van der Waals surface area (Å²) in [4.78, 5) is 7.46. The number of hydrogen-bond acceptors (Lipinski definition) is 2. The second-order valence-corrected chi connectivity index (χ2v) is 7.71. The average Bonchev–Trinajstić information content (AvgIpc) is 2.62. The third kappa shape index (κ3) is 6.35. The SMILES string of the molecule is CCCN1CCC(NC(=NCC(C)(C)c2ccccc2)NCC)CC1. The van der Waals surface area contributed by atoms with Gasteiger partial charge in [-0.1, -0.05) is 51.1 Å². The van der Waals surface area contributed by atoms with E-state index in [4.69, 9.17) is 4.99 Å². The number of piperidine rings is 1. The van der Waals surface area contributed by atoms with E-state index in [0.29, 0.717) is 6.04 Å². The maximum atomic E-state index is 4.89. The summed E-state index contributed by atoms with van der Waals surface area (Å²) in [6, 6.07) is 11.2. The van der Waals surface area contributed by atoms with Gasteiger partial charge in [0.05, 0.1) is 6.54 Å². The molecule has 0 radical (unpaired) electrons. The fourth-order valence-electron chi connectivity index (χ4n) is 3.39. The fourth-order valence-corrected chi connectivity index (χ4v) is 3.39. The summed E-state index contributed by atoms with van der Waals surface area (Å²) >= 11 is 0. The number of hydrogen-bond donors (Lipinski definition) is 2. The Morgan fingerprint density at radius 3 is 2.44 bits per heavy atom. The van der Waals surface area contributed by atoms with E-state index < -0.39 is 0 Å². The first-order valence-corrected chi connectivity index (χ1v) is 9.88. The zero-order chi connectivity index (χ0) is 18.1. The second-order valence-electron chi connectivity index (χ2n) is 7.71. The van der Waals surface area contributed by atoms with E-state index in [2.05, 4.69) is 73.6 Å². The van der Waals surface area contributed by atoms with Gasteiger partial charge in [0, 0.05) is 31.1 Å². The third-order valence-corrected chi connectivity index (χ3v) is 5.00. The van der Waals surface area contributed by atoms with Gasteiger partial charge in [-0.05, 0) is 38.3 Å². The Morgan fingerprint density at radius 1 is 1.16 bits per heavy atom. The monoisotopic (exact) mass is 344 g/mol. The van der Waals surface area contributed by atoms with Gasteiger partial charge < -0.3 is 15.5 Å². The molecular weight excluding hydrogens is 308 g/mol. The molecule has 1 fully saturated rings. The Balaban J connectivity index is 1.92. The number of benzene rings is 1. The zero-order valence-electron chi connectivity index (χ0n) is 16.5. The van der Waals surface area contributed by atoms with Crippen LogP contribution < -0.4 is 10.6 Å². The van der Waals surface area contributed by atoms with Crippen LogP contribution in [0.5, 0.6) is 0 Å². The third-order valence-electron chi connectivity index (χ3n) is 5.00. The van der Waals surface area contributed by atoms with Crippen LogP contribution in [-0.4, -0.2) is 49.6 Å². The van der Waals surface area contributed by atoms with Crippen LogP contribution in [-0.2, 0) is 5.41 Å². The van der Waals surface area contributed by atoms with Crippen molar-refractivity contribution in [1.82, 2.24) is 15.5 Å². The molecule has 1 aliphatic rings. The molecule has 0 atom stereocenters. The van der Waals surface area contributed by atoms with Gasteiger partial charge in [-0.15, -0.1) is 0 Å². The van der Waals surface area contributed by atoms with Gasteiger partial charge in [0.1, 0.15) is 0 Å². The second kappa shape index (κ2) is 9.81. The van der Waals surface area contributed by atoms with Gasteiger partial charge >= 0.3 is 0 Å². The summed E-state index contributed by atoms with van der Waals surface area (Å²) in [6.07, 6.45) is 3.65. The highest BCUT2D eigenvalue weighted by molar-refractivity contribution is 5.80. The summed E-state index contributed by atoms with van der Waals surface area (Å²) < 4.78 is 0. The van der Waals surface area contributed by atoms with Gasteiger partial charge in [-0.25, -0.2) is 0 Å². The molecule has 0 aromatic heterocycles. The Labute approximate surface area is 154 Å². The molecule has 1 saturated heterocycles. The number of rotatable bonds is 7. The molecule has 2 rings (SSSR count). The van der Waals surface area contributed by atoms with Crippen molar-refractivity contribution in [3.05, 3.63) is 35.9 Å². The number of nitrogens with zero attached hydrogens (tertiary/aromatic N) is 2. The van der Waals surface area contributed by atoms with Gasteiger partial charge in [0.15, 0.2) is 5.96 Å². The summed E-state index contributed by atoms with van der Waals surface area (Å²) in [5.41, 5.74) is 1.37. The lowest BCUT2D eigenvalue weighted by Gasteiger charge is -2.33. The maximum Gasteiger partial charge on any atom is 0.191 e. The first-order chi connectivity index (χ1) is 12.0. The molecule has 25 heavy (non-hydrogen) atoms. The quantitative estimate of drug-likeness (QED) is 0.588. The Hall–Kier alpha value is -1.55. The smallest absolute Gasteiger partial charge is 0.191 e. The number of likely N-dealkylation sites (tertiary alicyclic amines) is 1. The van der Waals surface area contributed by atoms with Gasteiger partial charge in [0.2, 0.25) is 0 Å². The molecule has 1 heterocycles. The molecular formula is C21H36N4. The van der Waals surface area contributed by atoms with Crippen molar-refractivity contribution >= 4 is 5.96 Å².